The van der Waals surface area contributed by atoms with Crippen molar-refractivity contribution in [2.45, 2.75) is 38.6 Å². The molecule has 0 bridgehead atoms. The fourth-order valence-corrected chi connectivity index (χ4v) is 5.40. The number of benzene rings is 1. The monoisotopic (exact) mass is 523 g/mol. The van der Waals surface area contributed by atoms with E-state index in [4.69, 9.17) is 10.5 Å². The van der Waals surface area contributed by atoms with Crippen molar-refractivity contribution in [3.8, 4) is 16.5 Å². The van der Waals surface area contributed by atoms with Crippen molar-refractivity contribution in [3.63, 3.8) is 0 Å². The molecule has 2 fully saturated rings. The summed E-state index contributed by atoms with van der Waals surface area (Å²) in [6, 6.07) is 10.3. The second-order valence-corrected chi connectivity index (χ2v) is 10.7. The van der Waals surface area contributed by atoms with Crippen molar-refractivity contribution < 1.29 is 18.7 Å². The summed E-state index contributed by atoms with van der Waals surface area (Å²) in [5, 5.41) is 3.41. The Labute approximate surface area is 219 Å². The molecule has 2 amide bonds. The highest BCUT2D eigenvalue weighted by atomic mass is 32.1. The molecule has 8 nitrogen and oxygen atoms in total. The molecule has 3 aromatic rings. The number of ether oxygens (including phenoxy) is 1. The summed E-state index contributed by atoms with van der Waals surface area (Å²) < 4.78 is 19.4. The Hall–Kier alpha value is -3.37. The van der Waals surface area contributed by atoms with Crippen molar-refractivity contribution >= 4 is 29.0 Å². The largest absolute Gasteiger partial charge is 0.476 e. The summed E-state index contributed by atoms with van der Waals surface area (Å²) in [5.74, 6) is 0.484. The molecule has 1 saturated heterocycles. The number of carbonyl (C=O) groups is 2. The van der Waals surface area contributed by atoms with Gasteiger partial charge >= 0.3 is 0 Å². The smallest absolute Gasteiger partial charge is 0.264 e. The number of pyridine rings is 1. The van der Waals surface area contributed by atoms with E-state index in [1.807, 2.05) is 6.07 Å². The predicted molar refractivity (Wildman–Crippen MR) is 140 cm³/mol. The Morgan fingerprint density at radius 2 is 1.97 bits per heavy atom. The molecule has 0 unspecified atom stereocenters. The third kappa shape index (κ3) is 6.69. The zero-order chi connectivity index (χ0) is 25.8. The van der Waals surface area contributed by atoms with Crippen molar-refractivity contribution in [1.82, 2.24) is 14.9 Å². The Balaban J connectivity index is 1.14. The zero-order valence-electron chi connectivity index (χ0n) is 20.5. The molecular formula is C27H30FN5O3S. The Kier molecular flexibility index (Phi) is 7.76. The van der Waals surface area contributed by atoms with Crippen LogP contribution in [0.5, 0.6) is 5.88 Å². The molecule has 3 heterocycles. The van der Waals surface area contributed by atoms with Gasteiger partial charge in [-0.1, -0.05) is 12.1 Å². The molecule has 37 heavy (non-hydrogen) atoms. The maximum absolute atomic E-state index is 13.4. The molecule has 2 aromatic heterocycles. The van der Waals surface area contributed by atoms with E-state index >= 15 is 0 Å². The Morgan fingerprint density at radius 1 is 1.16 bits per heavy atom. The number of aromatic nitrogens is 2. The second kappa shape index (κ2) is 11.4. The number of piperidine rings is 1. The zero-order valence-corrected chi connectivity index (χ0v) is 21.3. The summed E-state index contributed by atoms with van der Waals surface area (Å²) >= 11 is 1.17. The van der Waals surface area contributed by atoms with Crippen molar-refractivity contribution in [1.29, 1.82) is 0 Å². The highest BCUT2D eigenvalue weighted by Gasteiger charge is 2.30. The fourth-order valence-electron chi connectivity index (χ4n) is 4.54. The van der Waals surface area contributed by atoms with Gasteiger partial charge in [-0.3, -0.25) is 14.5 Å². The van der Waals surface area contributed by atoms with Crippen LogP contribution in [0.1, 0.15) is 47.3 Å². The number of hydrogen-bond donors (Lipinski definition) is 2. The van der Waals surface area contributed by atoms with Crippen LogP contribution in [0.2, 0.25) is 0 Å². The fraction of sp³-hybridized carbons (Fsp3) is 0.407. The number of thiazole rings is 1. The molecule has 194 valence electrons. The number of amides is 2. The maximum atomic E-state index is 13.4. The van der Waals surface area contributed by atoms with E-state index in [-0.39, 0.29) is 28.4 Å². The van der Waals surface area contributed by atoms with Crippen LogP contribution >= 0.6 is 11.3 Å². The number of rotatable bonds is 10. The third-order valence-electron chi connectivity index (χ3n) is 6.79. The minimum absolute atomic E-state index is 0.0227. The van der Waals surface area contributed by atoms with Gasteiger partial charge in [0.1, 0.15) is 16.6 Å². The van der Waals surface area contributed by atoms with Crippen molar-refractivity contribution in [2.75, 3.05) is 25.0 Å². The molecule has 0 atom stereocenters. The number of hydrogen-bond acceptors (Lipinski definition) is 7. The van der Waals surface area contributed by atoms with Crippen molar-refractivity contribution in [3.05, 3.63) is 58.9 Å². The molecule has 1 aliphatic carbocycles. The van der Waals surface area contributed by atoms with Crippen molar-refractivity contribution in [2.24, 2.45) is 17.6 Å². The van der Waals surface area contributed by atoms with Crippen LogP contribution in [0.4, 0.5) is 10.2 Å². The minimum atomic E-state index is -0.583. The SMILES string of the molecule is NC(=O)c1sc(-c2ccnc(NC(=O)C3CC3)c2)nc1OCCC1CCN(Cc2cccc(F)c2)CC1. The van der Waals surface area contributed by atoms with E-state index in [2.05, 4.69) is 20.2 Å². The molecule has 1 aliphatic heterocycles. The van der Waals surface area contributed by atoms with Gasteiger partial charge in [0, 0.05) is 24.2 Å². The van der Waals surface area contributed by atoms with E-state index in [1.54, 1.807) is 30.5 Å². The quantitative estimate of drug-likeness (QED) is 0.406. The Morgan fingerprint density at radius 3 is 2.70 bits per heavy atom. The lowest BCUT2D eigenvalue weighted by Crippen LogP contribution is -2.33. The number of primary amides is 1. The summed E-state index contributed by atoms with van der Waals surface area (Å²) in [4.78, 5) is 35.5. The first-order valence-corrected chi connectivity index (χ1v) is 13.4. The number of likely N-dealkylation sites (tertiary alicyclic amines) is 1. The van der Waals surface area contributed by atoms with Crippen LogP contribution in [-0.2, 0) is 11.3 Å². The lowest BCUT2D eigenvalue weighted by atomic mass is 9.93. The molecule has 1 saturated carbocycles. The van der Waals surface area contributed by atoms with Gasteiger partial charge in [0.15, 0.2) is 4.88 Å². The third-order valence-corrected chi connectivity index (χ3v) is 7.89. The van der Waals surface area contributed by atoms with E-state index < -0.39 is 5.91 Å². The van der Waals surface area contributed by atoms with Gasteiger partial charge in [-0.05, 0) is 80.9 Å². The summed E-state index contributed by atoms with van der Waals surface area (Å²) in [6.45, 7) is 3.11. The number of halogens is 1. The first kappa shape index (κ1) is 25.3. The molecule has 5 rings (SSSR count). The van der Waals surface area contributed by atoms with Gasteiger partial charge in [0.2, 0.25) is 11.8 Å². The van der Waals surface area contributed by atoms with Crippen LogP contribution in [0.25, 0.3) is 10.6 Å². The van der Waals surface area contributed by atoms with Gasteiger partial charge in [-0.25, -0.2) is 14.4 Å². The number of nitrogens with one attached hydrogen (secondary N) is 1. The summed E-state index contributed by atoms with van der Waals surface area (Å²) in [5.41, 5.74) is 7.32. The molecule has 1 aromatic carbocycles. The highest BCUT2D eigenvalue weighted by molar-refractivity contribution is 7.17. The van der Waals surface area contributed by atoms with E-state index in [9.17, 15) is 14.0 Å². The number of nitrogens with zero attached hydrogens (tertiary/aromatic N) is 3. The van der Waals surface area contributed by atoms with E-state index in [0.29, 0.717) is 23.4 Å². The van der Waals surface area contributed by atoms with Gasteiger partial charge < -0.3 is 15.8 Å². The van der Waals surface area contributed by atoms with Gasteiger partial charge in [-0.15, -0.1) is 11.3 Å². The highest BCUT2D eigenvalue weighted by Crippen LogP contribution is 2.34. The molecule has 0 spiro atoms. The lowest BCUT2D eigenvalue weighted by Gasteiger charge is -2.31. The Bertz CT molecular complexity index is 1270. The minimum Gasteiger partial charge on any atom is -0.476 e. The van der Waals surface area contributed by atoms with E-state index in [0.717, 1.165) is 62.9 Å². The van der Waals surface area contributed by atoms with E-state index in [1.165, 1.54) is 17.4 Å². The standard InChI is InChI=1S/C27H30FN5O3S/c28-21-3-1-2-18(14-21)16-33-11-7-17(8-12-33)9-13-36-26-23(24(29)34)37-27(32-26)20-6-10-30-22(15-20)31-25(35)19-4-5-19/h1-3,6,10,14-15,17,19H,4-5,7-9,11-13,16H2,(H2,29,34)(H,30,31,35). The van der Waals surface area contributed by atoms with Crippen LogP contribution in [0, 0.1) is 17.7 Å². The van der Waals surface area contributed by atoms with Gasteiger partial charge in [0.25, 0.3) is 5.91 Å². The first-order valence-electron chi connectivity index (χ1n) is 12.6. The average molecular weight is 524 g/mol. The topological polar surface area (TPSA) is 110 Å². The van der Waals surface area contributed by atoms with Crippen LogP contribution in [0.3, 0.4) is 0 Å². The first-order chi connectivity index (χ1) is 17.9. The predicted octanol–water partition coefficient (Wildman–Crippen LogP) is 4.47. The maximum Gasteiger partial charge on any atom is 0.264 e. The normalized spacial score (nSPS) is 16.5. The molecule has 2 aliphatic rings. The molecular weight excluding hydrogens is 493 g/mol. The summed E-state index contributed by atoms with van der Waals surface area (Å²) in [7, 11) is 0. The number of nitrogens with two attached hydrogens (primary N) is 1. The van der Waals surface area contributed by atoms with Gasteiger partial charge in [0.05, 0.1) is 6.61 Å². The second-order valence-electron chi connectivity index (χ2n) is 9.70. The van der Waals surface area contributed by atoms with Crippen LogP contribution in [0.15, 0.2) is 42.6 Å². The van der Waals surface area contributed by atoms with Gasteiger partial charge in [-0.2, -0.15) is 0 Å². The van der Waals surface area contributed by atoms with Crippen LogP contribution in [-0.4, -0.2) is 46.4 Å². The average Bonchev–Trinajstić information content (AvgIpc) is 3.65. The molecule has 10 heteroatoms. The number of carbonyl (C=O) groups excluding carboxylic acids is 2. The lowest BCUT2D eigenvalue weighted by molar-refractivity contribution is -0.117. The number of anilines is 1. The summed E-state index contributed by atoms with van der Waals surface area (Å²) in [6.07, 6.45) is 6.35. The molecule has 0 radical (unpaired) electrons. The van der Waals surface area contributed by atoms with Crippen LogP contribution < -0.4 is 15.8 Å². The molecule has 3 N–H and O–H groups in total.